The third kappa shape index (κ3) is 5.95. The zero-order valence-corrected chi connectivity index (χ0v) is 20.0. The first-order valence-corrected chi connectivity index (χ1v) is 10.2. The first-order chi connectivity index (χ1) is 15.0. The van der Waals surface area contributed by atoms with Crippen LogP contribution in [-0.2, 0) is 16.0 Å². The van der Waals surface area contributed by atoms with Gasteiger partial charge in [-0.1, -0.05) is 60.7 Å². The summed E-state index contributed by atoms with van der Waals surface area (Å²) in [7, 11) is 0. The van der Waals surface area contributed by atoms with Crippen molar-refractivity contribution in [1.29, 1.82) is 0 Å². The van der Waals surface area contributed by atoms with Crippen molar-refractivity contribution >= 4 is 40.6 Å². The van der Waals surface area contributed by atoms with Gasteiger partial charge in [-0.05, 0) is 52.2 Å². The summed E-state index contributed by atoms with van der Waals surface area (Å²) >= 11 is 1.15. The average Bonchev–Trinajstić information content (AvgIpc) is 3.09. The predicted molar refractivity (Wildman–Crippen MR) is 118 cm³/mol. The molecule has 0 saturated carbocycles. The standard InChI is InChI=1S/C24H17FN2O3S.Na/c25-20-14-19(11-10-18(20)13-22(28)29)26-24-27-23(30)21(31-24)12-15-6-8-17(9-7-15)16-4-2-1-3-5-16;/h1-12,14H,13H2,(H,28,29)(H,26,27,30);/q;+1/p-1. The number of benzene rings is 3. The topological polar surface area (TPSA) is 81.6 Å². The van der Waals surface area contributed by atoms with Crippen molar-refractivity contribution in [1.82, 2.24) is 5.32 Å². The van der Waals surface area contributed by atoms with Crippen LogP contribution in [0, 0.1) is 5.82 Å². The van der Waals surface area contributed by atoms with E-state index in [4.69, 9.17) is 0 Å². The average molecular weight is 454 g/mol. The van der Waals surface area contributed by atoms with Gasteiger partial charge in [0.25, 0.3) is 5.91 Å². The van der Waals surface area contributed by atoms with Gasteiger partial charge >= 0.3 is 29.6 Å². The molecule has 1 saturated heterocycles. The van der Waals surface area contributed by atoms with Gasteiger partial charge in [-0.2, -0.15) is 0 Å². The molecule has 5 nitrogen and oxygen atoms in total. The van der Waals surface area contributed by atoms with Crippen molar-refractivity contribution in [2.75, 3.05) is 0 Å². The molecule has 1 fully saturated rings. The number of nitrogens with one attached hydrogen (secondary N) is 1. The monoisotopic (exact) mass is 454 g/mol. The molecule has 0 unspecified atom stereocenters. The molecule has 1 aliphatic heterocycles. The summed E-state index contributed by atoms with van der Waals surface area (Å²) in [5.41, 5.74) is 3.36. The van der Waals surface area contributed by atoms with Crippen molar-refractivity contribution in [3.63, 3.8) is 0 Å². The second-order valence-electron chi connectivity index (χ2n) is 6.79. The summed E-state index contributed by atoms with van der Waals surface area (Å²) in [6, 6.07) is 21.8. The first kappa shape index (κ1) is 23.9. The molecule has 0 bridgehead atoms. The summed E-state index contributed by atoms with van der Waals surface area (Å²) in [5.74, 6) is -2.33. The third-order valence-corrected chi connectivity index (χ3v) is 5.48. The normalized spacial score (nSPS) is 15.5. The van der Waals surface area contributed by atoms with E-state index in [0.717, 1.165) is 34.5 Å². The summed E-state index contributed by atoms with van der Waals surface area (Å²) < 4.78 is 14.0. The molecule has 1 heterocycles. The minimum Gasteiger partial charge on any atom is -0.550 e. The Balaban J connectivity index is 0.00000289. The number of carboxylic acids is 1. The number of carbonyl (C=O) groups excluding carboxylic acids is 2. The molecular formula is C24H16FN2NaO3S. The zero-order chi connectivity index (χ0) is 21.8. The molecule has 3 aromatic rings. The Morgan fingerprint density at radius 3 is 2.38 bits per heavy atom. The number of hydrogen-bond donors (Lipinski definition) is 1. The van der Waals surface area contributed by atoms with Crippen LogP contribution in [0.15, 0.2) is 82.7 Å². The van der Waals surface area contributed by atoms with Crippen LogP contribution in [-0.4, -0.2) is 17.0 Å². The number of amidine groups is 1. The second-order valence-corrected chi connectivity index (χ2v) is 7.82. The Bertz CT molecular complexity index is 1210. The molecule has 4 rings (SSSR count). The smallest absolute Gasteiger partial charge is 0.550 e. The molecule has 1 N–H and O–H groups in total. The summed E-state index contributed by atoms with van der Waals surface area (Å²) in [6.07, 6.45) is 1.25. The van der Waals surface area contributed by atoms with Crippen molar-refractivity contribution in [2.24, 2.45) is 4.99 Å². The fourth-order valence-electron chi connectivity index (χ4n) is 3.06. The van der Waals surface area contributed by atoms with Gasteiger partial charge in [0.1, 0.15) is 5.82 Å². The van der Waals surface area contributed by atoms with Crippen LogP contribution in [0.5, 0.6) is 0 Å². The van der Waals surface area contributed by atoms with Gasteiger partial charge in [-0.15, -0.1) is 0 Å². The number of hydrogen-bond acceptors (Lipinski definition) is 5. The Morgan fingerprint density at radius 1 is 1.03 bits per heavy atom. The van der Waals surface area contributed by atoms with E-state index in [1.807, 2.05) is 54.6 Å². The molecule has 154 valence electrons. The summed E-state index contributed by atoms with van der Waals surface area (Å²) in [5, 5.41) is 13.6. The van der Waals surface area contributed by atoms with Crippen LogP contribution < -0.4 is 40.0 Å². The van der Waals surface area contributed by atoms with Gasteiger partial charge in [-0.3, -0.25) is 4.79 Å². The van der Waals surface area contributed by atoms with E-state index in [0.29, 0.717) is 10.1 Å². The molecule has 0 aliphatic carbocycles. The third-order valence-electron chi connectivity index (χ3n) is 4.57. The predicted octanol–water partition coefficient (Wildman–Crippen LogP) is 0.681. The van der Waals surface area contributed by atoms with E-state index in [9.17, 15) is 19.1 Å². The number of amides is 1. The molecule has 0 radical (unpaired) electrons. The Morgan fingerprint density at radius 2 is 1.72 bits per heavy atom. The summed E-state index contributed by atoms with van der Waals surface area (Å²) in [6.45, 7) is 0. The van der Waals surface area contributed by atoms with E-state index >= 15 is 0 Å². The van der Waals surface area contributed by atoms with Crippen molar-refractivity contribution in [3.8, 4) is 11.1 Å². The number of aliphatic carboxylic acids is 1. The number of nitrogens with zero attached hydrogens (tertiary/aromatic N) is 1. The number of carboxylic acid groups (broad SMARTS) is 1. The second kappa shape index (κ2) is 10.7. The molecule has 1 aliphatic rings. The Kier molecular flexibility index (Phi) is 8.04. The van der Waals surface area contributed by atoms with Gasteiger partial charge in [0.2, 0.25) is 0 Å². The van der Waals surface area contributed by atoms with Crippen molar-refractivity contribution < 1.29 is 48.6 Å². The van der Waals surface area contributed by atoms with E-state index in [1.54, 1.807) is 6.08 Å². The van der Waals surface area contributed by atoms with E-state index < -0.39 is 18.2 Å². The van der Waals surface area contributed by atoms with Gasteiger partial charge < -0.3 is 15.2 Å². The number of aliphatic imine (C=N–C) groups is 1. The quantitative estimate of drug-likeness (QED) is 0.454. The molecule has 1 amide bonds. The van der Waals surface area contributed by atoms with Gasteiger partial charge in [0.15, 0.2) is 5.17 Å². The van der Waals surface area contributed by atoms with Crippen molar-refractivity contribution in [3.05, 3.63) is 94.6 Å². The molecular weight excluding hydrogens is 438 g/mol. The number of rotatable bonds is 5. The maximum absolute atomic E-state index is 14.0. The minimum atomic E-state index is -1.36. The first-order valence-electron chi connectivity index (χ1n) is 9.41. The molecule has 0 atom stereocenters. The number of carbonyl (C=O) groups is 2. The van der Waals surface area contributed by atoms with E-state index in [2.05, 4.69) is 10.3 Å². The molecule has 32 heavy (non-hydrogen) atoms. The maximum atomic E-state index is 14.0. The van der Waals surface area contributed by atoms with Gasteiger partial charge in [-0.25, -0.2) is 9.38 Å². The van der Waals surface area contributed by atoms with Gasteiger partial charge in [0, 0.05) is 12.4 Å². The van der Waals surface area contributed by atoms with Crippen LogP contribution in [0.3, 0.4) is 0 Å². The maximum Gasteiger partial charge on any atom is 1.00 e. The number of halogens is 1. The van der Waals surface area contributed by atoms with Crippen LogP contribution in [0.2, 0.25) is 0 Å². The SMILES string of the molecule is O=C([O-])Cc1ccc(N=C2NC(=O)C(=Cc3ccc(-c4ccccc4)cc3)S2)cc1F.[Na+]. The Hall–Kier alpha value is -2.71. The van der Waals surface area contributed by atoms with Crippen LogP contribution in [0.4, 0.5) is 10.1 Å². The van der Waals surface area contributed by atoms with Crippen LogP contribution >= 0.6 is 11.8 Å². The number of thioether (sulfide) groups is 1. The molecule has 0 spiro atoms. The fourth-order valence-corrected chi connectivity index (χ4v) is 3.90. The van der Waals surface area contributed by atoms with Crippen molar-refractivity contribution in [2.45, 2.75) is 6.42 Å². The van der Waals surface area contributed by atoms with Crippen LogP contribution in [0.25, 0.3) is 17.2 Å². The van der Waals surface area contributed by atoms with Crippen LogP contribution in [0.1, 0.15) is 11.1 Å². The minimum absolute atomic E-state index is 0. The largest absolute Gasteiger partial charge is 1.00 e. The van der Waals surface area contributed by atoms with E-state index in [-0.39, 0.29) is 46.7 Å². The molecule has 0 aromatic heterocycles. The Labute approximate surface area is 210 Å². The zero-order valence-electron chi connectivity index (χ0n) is 17.2. The van der Waals surface area contributed by atoms with E-state index in [1.165, 1.54) is 12.1 Å². The molecule has 3 aromatic carbocycles. The fraction of sp³-hybridized carbons (Fsp3) is 0.0417. The summed E-state index contributed by atoms with van der Waals surface area (Å²) in [4.78, 5) is 27.6. The van der Waals surface area contributed by atoms with Gasteiger partial charge in [0.05, 0.1) is 10.6 Å². The molecule has 8 heteroatoms.